The molecule has 2 rings (SSSR count). The highest BCUT2D eigenvalue weighted by Crippen LogP contribution is 2.40. The summed E-state index contributed by atoms with van der Waals surface area (Å²) >= 11 is 0. The monoisotopic (exact) mass is 291 g/mol. The van der Waals surface area contributed by atoms with Crippen LogP contribution in [0.4, 0.5) is 0 Å². The Labute approximate surface area is 129 Å². The van der Waals surface area contributed by atoms with Crippen LogP contribution in [0.2, 0.25) is 0 Å². The van der Waals surface area contributed by atoms with Gasteiger partial charge in [0.25, 0.3) is 0 Å². The third-order valence-corrected chi connectivity index (χ3v) is 4.72. The lowest BCUT2D eigenvalue weighted by atomic mass is 9.82. The van der Waals surface area contributed by atoms with Crippen molar-refractivity contribution in [3.63, 3.8) is 0 Å². The lowest BCUT2D eigenvalue weighted by Gasteiger charge is -2.40. The van der Waals surface area contributed by atoms with E-state index in [9.17, 15) is 0 Å². The smallest absolute Gasteiger partial charge is 0.119 e. The summed E-state index contributed by atoms with van der Waals surface area (Å²) in [5.41, 5.74) is 1.17. The molecule has 1 saturated carbocycles. The van der Waals surface area contributed by atoms with Crippen LogP contribution in [0.1, 0.15) is 57.1 Å². The second kappa shape index (κ2) is 7.81. The summed E-state index contributed by atoms with van der Waals surface area (Å²) in [6.45, 7) is 3.10. The maximum Gasteiger partial charge on any atom is 0.119 e. The Morgan fingerprint density at radius 1 is 1.14 bits per heavy atom. The minimum Gasteiger partial charge on any atom is -0.497 e. The number of nitrogens with one attached hydrogen (secondary N) is 1. The van der Waals surface area contributed by atoms with Crippen molar-refractivity contribution in [2.24, 2.45) is 0 Å². The van der Waals surface area contributed by atoms with E-state index >= 15 is 0 Å². The molecule has 1 N–H and O–H groups in total. The van der Waals surface area contributed by atoms with Crippen LogP contribution in [-0.4, -0.2) is 26.4 Å². The number of benzene rings is 1. The molecular weight excluding hydrogens is 262 g/mol. The third kappa shape index (κ3) is 3.78. The van der Waals surface area contributed by atoms with Gasteiger partial charge in [0.05, 0.1) is 18.8 Å². The SMILES string of the molecule is CCNC(c1cccc(OC)c1)C1(OC)CCCCCC1. The number of hydrogen-bond acceptors (Lipinski definition) is 3. The Kier molecular flexibility index (Phi) is 6.07. The average Bonchev–Trinajstić information content (AvgIpc) is 2.79. The first-order chi connectivity index (χ1) is 10.3. The van der Waals surface area contributed by atoms with Crippen molar-refractivity contribution >= 4 is 0 Å². The summed E-state index contributed by atoms with van der Waals surface area (Å²) < 4.78 is 11.5. The molecule has 0 aromatic heterocycles. The van der Waals surface area contributed by atoms with E-state index in [4.69, 9.17) is 9.47 Å². The van der Waals surface area contributed by atoms with Gasteiger partial charge in [-0.3, -0.25) is 0 Å². The first kappa shape index (κ1) is 16.3. The van der Waals surface area contributed by atoms with Gasteiger partial charge in [0.1, 0.15) is 5.75 Å². The normalized spacial score (nSPS) is 19.8. The van der Waals surface area contributed by atoms with Gasteiger partial charge >= 0.3 is 0 Å². The molecule has 1 aromatic rings. The molecule has 118 valence electrons. The molecule has 0 amide bonds. The predicted molar refractivity (Wildman–Crippen MR) is 86.9 cm³/mol. The summed E-state index contributed by atoms with van der Waals surface area (Å²) in [7, 11) is 3.59. The van der Waals surface area contributed by atoms with Gasteiger partial charge in [-0.15, -0.1) is 0 Å². The molecule has 0 spiro atoms. The highest BCUT2D eigenvalue weighted by atomic mass is 16.5. The lowest BCUT2D eigenvalue weighted by molar-refractivity contribution is -0.0537. The van der Waals surface area contributed by atoms with E-state index in [2.05, 4.69) is 30.4 Å². The molecule has 0 bridgehead atoms. The van der Waals surface area contributed by atoms with Crippen molar-refractivity contribution in [3.05, 3.63) is 29.8 Å². The van der Waals surface area contributed by atoms with Crippen LogP contribution >= 0.6 is 0 Å². The van der Waals surface area contributed by atoms with Crippen LogP contribution < -0.4 is 10.1 Å². The van der Waals surface area contributed by atoms with Crippen LogP contribution in [0, 0.1) is 0 Å². The molecule has 1 aromatic carbocycles. The van der Waals surface area contributed by atoms with Gasteiger partial charge in [-0.1, -0.05) is 44.7 Å². The maximum absolute atomic E-state index is 6.10. The Balaban J connectivity index is 2.34. The van der Waals surface area contributed by atoms with E-state index in [-0.39, 0.29) is 11.6 Å². The van der Waals surface area contributed by atoms with Crippen molar-refractivity contribution in [1.82, 2.24) is 5.32 Å². The van der Waals surface area contributed by atoms with E-state index in [1.54, 1.807) is 7.11 Å². The number of rotatable bonds is 6. The summed E-state index contributed by atoms with van der Waals surface area (Å²) in [6.07, 6.45) is 7.39. The summed E-state index contributed by atoms with van der Waals surface area (Å²) in [4.78, 5) is 0. The molecule has 1 aliphatic rings. The van der Waals surface area contributed by atoms with Crippen LogP contribution in [-0.2, 0) is 4.74 Å². The molecule has 0 radical (unpaired) electrons. The van der Waals surface area contributed by atoms with E-state index in [0.717, 1.165) is 25.1 Å². The zero-order valence-electron chi connectivity index (χ0n) is 13.7. The van der Waals surface area contributed by atoms with E-state index in [1.807, 2.05) is 13.2 Å². The third-order valence-electron chi connectivity index (χ3n) is 4.72. The largest absolute Gasteiger partial charge is 0.497 e. The zero-order chi connectivity index (χ0) is 15.1. The van der Waals surface area contributed by atoms with Crippen LogP contribution in [0.5, 0.6) is 5.75 Å². The lowest BCUT2D eigenvalue weighted by Crippen LogP contribution is -2.45. The van der Waals surface area contributed by atoms with Gasteiger partial charge in [-0.25, -0.2) is 0 Å². The average molecular weight is 291 g/mol. The standard InChI is InChI=1S/C18H29NO2/c1-4-19-17(15-10-9-11-16(14-15)20-2)18(21-3)12-7-5-6-8-13-18/h9-11,14,17,19H,4-8,12-13H2,1-3H3. The Hall–Kier alpha value is -1.06. The number of hydrogen-bond donors (Lipinski definition) is 1. The Bertz CT molecular complexity index is 425. The Morgan fingerprint density at radius 3 is 2.43 bits per heavy atom. The minimum atomic E-state index is -0.0983. The van der Waals surface area contributed by atoms with E-state index in [0.29, 0.717) is 0 Å². The molecule has 1 atom stereocenters. The molecule has 21 heavy (non-hydrogen) atoms. The van der Waals surface area contributed by atoms with E-state index in [1.165, 1.54) is 31.2 Å². The quantitative estimate of drug-likeness (QED) is 0.801. The van der Waals surface area contributed by atoms with Gasteiger partial charge in [0.2, 0.25) is 0 Å². The summed E-state index contributed by atoms with van der Waals surface area (Å²) in [6, 6.07) is 8.61. The van der Waals surface area contributed by atoms with Crippen molar-refractivity contribution in [2.45, 2.75) is 57.1 Å². The fourth-order valence-electron chi connectivity index (χ4n) is 3.57. The van der Waals surface area contributed by atoms with Crippen molar-refractivity contribution in [2.75, 3.05) is 20.8 Å². The van der Waals surface area contributed by atoms with Crippen LogP contribution in [0.15, 0.2) is 24.3 Å². The van der Waals surface area contributed by atoms with Gasteiger partial charge in [-0.05, 0) is 37.1 Å². The molecule has 0 heterocycles. The molecule has 1 unspecified atom stereocenters. The molecule has 1 fully saturated rings. The van der Waals surface area contributed by atoms with Gasteiger partial charge in [0.15, 0.2) is 0 Å². The molecular formula is C18H29NO2. The van der Waals surface area contributed by atoms with Crippen LogP contribution in [0.25, 0.3) is 0 Å². The summed E-state index contributed by atoms with van der Waals surface area (Å²) in [5, 5.41) is 3.66. The first-order valence-corrected chi connectivity index (χ1v) is 8.18. The fraction of sp³-hybridized carbons (Fsp3) is 0.667. The van der Waals surface area contributed by atoms with Crippen molar-refractivity contribution in [1.29, 1.82) is 0 Å². The minimum absolute atomic E-state index is 0.0983. The number of likely N-dealkylation sites (N-methyl/N-ethyl adjacent to an activating group) is 1. The number of methoxy groups -OCH3 is 2. The maximum atomic E-state index is 6.10. The topological polar surface area (TPSA) is 30.5 Å². The van der Waals surface area contributed by atoms with Crippen molar-refractivity contribution in [3.8, 4) is 5.75 Å². The second-order valence-electron chi connectivity index (χ2n) is 5.95. The highest BCUT2D eigenvalue weighted by molar-refractivity contribution is 5.32. The Morgan fingerprint density at radius 2 is 1.86 bits per heavy atom. The highest BCUT2D eigenvalue weighted by Gasteiger charge is 2.39. The number of ether oxygens (including phenoxy) is 2. The zero-order valence-corrected chi connectivity index (χ0v) is 13.7. The van der Waals surface area contributed by atoms with Gasteiger partial charge < -0.3 is 14.8 Å². The first-order valence-electron chi connectivity index (χ1n) is 8.18. The second-order valence-corrected chi connectivity index (χ2v) is 5.95. The predicted octanol–water partition coefficient (Wildman–Crippen LogP) is 4.09. The molecule has 3 heteroatoms. The molecule has 1 aliphatic carbocycles. The summed E-state index contributed by atoms with van der Waals surface area (Å²) in [5.74, 6) is 0.912. The van der Waals surface area contributed by atoms with Gasteiger partial charge in [-0.2, -0.15) is 0 Å². The molecule has 0 saturated heterocycles. The van der Waals surface area contributed by atoms with Crippen molar-refractivity contribution < 1.29 is 9.47 Å². The van der Waals surface area contributed by atoms with Gasteiger partial charge in [0, 0.05) is 7.11 Å². The molecule has 0 aliphatic heterocycles. The fourth-order valence-corrected chi connectivity index (χ4v) is 3.57. The molecule has 3 nitrogen and oxygen atoms in total. The van der Waals surface area contributed by atoms with E-state index < -0.39 is 0 Å². The van der Waals surface area contributed by atoms with Crippen LogP contribution in [0.3, 0.4) is 0 Å².